The van der Waals surface area contributed by atoms with E-state index in [1.165, 1.54) is 48.3 Å². The molecule has 3 heteroatoms. The molecule has 0 radical (unpaired) electrons. The molecular weight excluding hydrogens is 320 g/mol. The predicted molar refractivity (Wildman–Crippen MR) is 82.3 cm³/mol. The molecule has 104 valence electrons. The Kier molecular flexibility index (Phi) is 2.92. The average Bonchev–Trinajstić information content (AvgIpc) is 2.65. The Hall–Kier alpha value is 0.140. The van der Waals surface area contributed by atoms with Crippen molar-refractivity contribution >= 4 is 27.3 Å². The second-order valence-electron chi connectivity index (χ2n) is 7.25. The van der Waals surface area contributed by atoms with Crippen LogP contribution in [-0.4, -0.2) is 5.11 Å². The van der Waals surface area contributed by atoms with E-state index in [9.17, 15) is 5.11 Å². The fraction of sp³-hybridized carbons (Fsp3) is 0.750. The van der Waals surface area contributed by atoms with Crippen LogP contribution in [0.3, 0.4) is 0 Å². The molecule has 0 amide bonds. The summed E-state index contributed by atoms with van der Waals surface area (Å²) >= 11 is 5.42. The van der Waals surface area contributed by atoms with Crippen LogP contribution in [0, 0.1) is 30.1 Å². The summed E-state index contributed by atoms with van der Waals surface area (Å²) in [4.78, 5) is 2.48. The molecule has 1 nitrogen and oxygen atoms in total. The molecule has 1 unspecified atom stereocenters. The monoisotopic (exact) mass is 340 g/mol. The minimum Gasteiger partial charge on any atom is -0.387 e. The summed E-state index contributed by atoms with van der Waals surface area (Å²) in [5.74, 6) is 2.71. The van der Waals surface area contributed by atoms with Crippen molar-refractivity contribution < 1.29 is 5.11 Å². The van der Waals surface area contributed by atoms with Gasteiger partial charge in [-0.2, -0.15) is 0 Å². The lowest BCUT2D eigenvalue weighted by Crippen LogP contribution is -2.48. The van der Waals surface area contributed by atoms with Crippen LogP contribution < -0.4 is 0 Å². The topological polar surface area (TPSA) is 20.2 Å². The van der Waals surface area contributed by atoms with Crippen molar-refractivity contribution in [1.82, 2.24) is 0 Å². The van der Waals surface area contributed by atoms with Crippen LogP contribution in [0.5, 0.6) is 0 Å². The van der Waals surface area contributed by atoms with E-state index >= 15 is 0 Å². The van der Waals surface area contributed by atoms with Crippen LogP contribution in [0.25, 0.3) is 0 Å². The molecule has 1 atom stereocenters. The molecule has 4 saturated carbocycles. The second kappa shape index (κ2) is 4.32. The molecule has 0 spiro atoms. The predicted octanol–water partition coefficient (Wildman–Crippen LogP) is 5.07. The minimum atomic E-state index is -0.242. The van der Waals surface area contributed by atoms with Crippen molar-refractivity contribution in [3.05, 3.63) is 20.3 Å². The summed E-state index contributed by atoms with van der Waals surface area (Å²) < 4.78 is 1.12. The highest BCUT2D eigenvalue weighted by atomic mass is 79.9. The van der Waals surface area contributed by atoms with Gasteiger partial charge in [-0.1, -0.05) is 0 Å². The van der Waals surface area contributed by atoms with Gasteiger partial charge >= 0.3 is 0 Å². The third-order valence-electron chi connectivity index (χ3n) is 5.75. The van der Waals surface area contributed by atoms with E-state index in [-0.39, 0.29) is 11.5 Å². The number of aryl methyl sites for hydroxylation is 1. The molecule has 0 aromatic carbocycles. The van der Waals surface area contributed by atoms with Crippen molar-refractivity contribution in [2.45, 2.75) is 51.6 Å². The molecule has 1 aromatic heterocycles. The van der Waals surface area contributed by atoms with E-state index in [4.69, 9.17) is 0 Å². The van der Waals surface area contributed by atoms with Gasteiger partial charge in [-0.15, -0.1) is 11.3 Å². The zero-order chi connectivity index (χ0) is 13.2. The maximum Gasteiger partial charge on any atom is 0.0949 e. The molecule has 1 aromatic rings. The Labute approximate surface area is 127 Å². The molecule has 0 aliphatic heterocycles. The molecule has 5 rings (SSSR count). The van der Waals surface area contributed by atoms with Gasteiger partial charge in [0.05, 0.1) is 6.10 Å². The number of rotatable bonds is 2. The van der Waals surface area contributed by atoms with E-state index in [1.807, 2.05) is 0 Å². The first kappa shape index (κ1) is 12.8. The maximum atomic E-state index is 11.1. The molecule has 1 heterocycles. The first-order valence-electron chi connectivity index (χ1n) is 7.50. The van der Waals surface area contributed by atoms with Gasteiger partial charge in [0, 0.05) is 19.6 Å². The van der Waals surface area contributed by atoms with Crippen LogP contribution in [0.2, 0.25) is 0 Å². The summed E-state index contributed by atoms with van der Waals surface area (Å²) in [5, 5.41) is 11.1. The Balaban J connectivity index is 1.69. The molecule has 0 saturated heterocycles. The summed E-state index contributed by atoms with van der Waals surface area (Å²) in [6, 6.07) is 2.16. The van der Waals surface area contributed by atoms with Gasteiger partial charge in [-0.05, 0) is 85.2 Å². The molecule has 4 aliphatic rings. The van der Waals surface area contributed by atoms with Gasteiger partial charge in [0.25, 0.3) is 0 Å². The van der Waals surface area contributed by atoms with Crippen LogP contribution >= 0.6 is 27.3 Å². The van der Waals surface area contributed by atoms with Gasteiger partial charge in [0.15, 0.2) is 0 Å². The van der Waals surface area contributed by atoms with Gasteiger partial charge in [-0.25, -0.2) is 0 Å². The molecule has 19 heavy (non-hydrogen) atoms. The Morgan fingerprint density at radius 1 is 1.21 bits per heavy atom. The van der Waals surface area contributed by atoms with E-state index < -0.39 is 0 Å². The lowest BCUT2D eigenvalue weighted by molar-refractivity contribution is -0.121. The fourth-order valence-electron chi connectivity index (χ4n) is 5.48. The lowest BCUT2D eigenvalue weighted by atomic mass is 9.48. The second-order valence-corrected chi connectivity index (χ2v) is 9.39. The van der Waals surface area contributed by atoms with Crippen molar-refractivity contribution in [1.29, 1.82) is 0 Å². The smallest absolute Gasteiger partial charge is 0.0949 e. The van der Waals surface area contributed by atoms with Crippen molar-refractivity contribution in [2.24, 2.45) is 23.2 Å². The van der Waals surface area contributed by atoms with Gasteiger partial charge in [-0.3, -0.25) is 0 Å². The number of aliphatic hydroxyl groups is 1. The largest absolute Gasteiger partial charge is 0.387 e. The first-order valence-corrected chi connectivity index (χ1v) is 9.10. The number of hydrogen-bond donors (Lipinski definition) is 1. The average molecular weight is 341 g/mol. The molecule has 1 N–H and O–H groups in total. The Bertz CT molecular complexity index is 472. The van der Waals surface area contributed by atoms with E-state index in [0.717, 1.165) is 22.2 Å². The molecule has 4 fully saturated rings. The van der Waals surface area contributed by atoms with Crippen molar-refractivity contribution in [2.75, 3.05) is 0 Å². The SMILES string of the molecule is Cc1cc(Br)c(C(O)C23CC4CC(CC(C4)C2)C3)s1. The van der Waals surface area contributed by atoms with Crippen molar-refractivity contribution in [3.8, 4) is 0 Å². The maximum absolute atomic E-state index is 11.1. The number of thiophene rings is 1. The summed E-state index contributed by atoms with van der Waals surface area (Å²) in [6.07, 6.45) is 7.88. The highest BCUT2D eigenvalue weighted by Gasteiger charge is 2.54. The van der Waals surface area contributed by atoms with Crippen LogP contribution in [0.4, 0.5) is 0 Å². The van der Waals surface area contributed by atoms with Crippen LogP contribution in [0.15, 0.2) is 10.5 Å². The lowest BCUT2D eigenvalue weighted by Gasteiger charge is -2.58. The van der Waals surface area contributed by atoms with Gasteiger partial charge < -0.3 is 5.11 Å². The van der Waals surface area contributed by atoms with E-state index in [2.05, 4.69) is 28.9 Å². The summed E-state index contributed by atoms with van der Waals surface area (Å²) in [7, 11) is 0. The van der Waals surface area contributed by atoms with Gasteiger partial charge in [0.2, 0.25) is 0 Å². The molecule has 4 aliphatic carbocycles. The third kappa shape index (κ3) is 1.96. The number of halogens is 1. The fourth-order valence-corrected chi connectivity index (χ4v) is 7.47. The van der Waals surface area contributed by atoms with E-state index in [0.29, 0.717) is 0 Å². The van der Waals surface area contributed by atoms with Crippen molar-refractivity contribution in [3.63, 3.8) is 0 Å². The summed E-state index contributed by atoms with van der Waals surface area (Å²) in [6.45, 7) is 2.13. The minimum absolute atomic E-state index is 0.203. The molecule has 4 bridgehead atoms. The highest BCUT2D eigenvalue weighted by Crippen LogP contribution is 2.64. The third-order valence-corrected chi connectivity index (χ3v) is 7.77. The Morgan fingerprint density at radius 2 is 1.74 bits per heavy atom. The first-order chi connectivity index (χ1) is 9.06. The number of aliphatic hydroxyl groups excluding tert-OH is 1. The van der Waals surface area contributed by atoms with Crippen LogP contribution in [-0.2, 0) is 0 Å². The zero-order valence-corrected chi connectivity index (χ0v) is 13.8. The molecular formula is C16H21BrOS. The van der Waals surface area contributed by atoms with Gasteiger partial charge in [0.1, 0.15) is 0 Å². The summed E-state index contributed by atoms with van der Waals surface area (Å²) in [5.41, 5.74) is 0.203. The zero-order valence-electron chi connectivity index (χ0n) is 11.4. The normalized spacial score (nSPS) is 41.7. The standard InChI is InChI=1S/C16H21BrOS/c1-9-2-13(17)14(19-9)15(18)16-6-10-3-11(7-16)5-12(4-10)8-16/h2,10-12,15,18H,3-8H2,1H3. The quantitative estimate of drug-likeness (QED) is 0.796. The Morgan fingerprint density at radius 3 is 2.16 bits per heavy atom. The van der Waals surface area contributed by atoms with E-state index in [1.54, 1.807) is 11.3 Å². The van der Waals surface area contributed by atoms with Crippen LogP contribution in [0.1, 0.15) is 54.4 Å². The highest BCUT2D eigenvalue weighted by molar-refractivity contribution is 9.10. The number of hydrogen-bond acceptors (Lipinski definition) is 2.